The first kappa shape index (κ1) is 54.8. The summed E-state index contributed by atoms with van der Waals surface area (Å²) < 4.78 is 0. The molecule has 3 N–H and O–H groups in total. The maximum Gasteiger partial charge on any atom is 0.220 e. The first-order valence-electron chi connectivity index (χ1n) is 22.8. The van der Waals surface area contributed by atoms with E-state index in [2.05, 4.69) is 177 Å². The van der Waals surface area contributed by atoms with Gasteiger partial charge in [-0.15, -0.1) is 0 Å². The van der Waals surface area contributed by atoms with Gasteiger partial charge in [0.25, 0.3) is 0 Å². The molecule has 0 radical (unpaired) electrons. The Kier molecular flexibility index (Phi) is 44.7. The van der Waals surface area contributed by atoms with Crippen molar-refractivity contribution in [3.05, 3.63) is 170 Å². The lowest BCUT2D eigenvalue weighted by atomic mass is 10.1. The maximum absolute atomic E-state index is 12.3. The second-order valence-electron chi connectivity index (χ2n) is 14.3. The number of unbranched alkanes of at least 4 members (excludes halogenated alkanes) is 5. The zero-order valence-electron chi connectivity index (χ0n) is 37.2. The molecule has 0 fully saturated rings. The molecule has 0 aromatic carbocycles. The van der Waals surface area contributed by atoms with Crippen LogP contribution in [0.3, 0.4) is 0 Å². The van der Waals surface area contributed by atoms with Gasteiger partial charge in [0.2, 0.25) is 5.91 Å². The Hall–Kier alpha value is -4.25. The zero-order chi connectivity index (χ0) is 42.8. The van der Waals surface area contributed by atoms with E-state index in [-0.39, 0.29) is 12.5 Å². The summed E-state index contributed by atoms with van der Waals surface area (Å²) in [6.07, 6.45) is 80.5. The lowest BCUT2D eigenvalue weighted by molar-refractivity contribution is -0.123. The van der Waals surface area contributed by atoms with E-state index in [0.29, 0.717) is 6.42 Å². The highest BCUT2D eigenvalue weighted by molar-refractivity contribution is 5.76. The van der Waals surface area contributed by atoms with Crippen molar-refractivity contribution in [1.29, 1.82) is 0 Å². The molecule has 0 heterocycles. The average Bonchev–Trinajstić information content (AvgIpc) is 3.24. The number of carbonyl (C=O) groups excluding carboxylic acids is 1. The topological polar surface area (TPSA) is 69.6 Å². The Morgan fingerprint density at radius 1 is 0.407 bits per heavy atom. The number of carbonyl (C=O) groups is 1. The molecule has 0 aromatic heterocycles. The van der Waals surface area contributed by atoms with Gasteiger partial charge < -0.3 is 15.5 Å². The lowest BCUT2D eigenvalue weighted by Gasteiger charge is -2.19. The van der Waals surface area contributed by atoms with Crippen molar-refractivity contribution >= 4 is 5.91 Å². The summed E-state index contributed by atoms with van der Waals surface area (Å²) in [6.45, 7) is 4.01. The molecular formula is C55H83NO3. The number of hydrogen-bond donors (Lipinski definition) is 3. The van der Waals surface area contributed by atoms with Crippen molar-refractivity contribution in [3.63, 3.8) is 0 Å². The van der Waals surface area contributed by atoms with Crippen molar-refractivity contribution < 1.29 is 15.0 Å². The third kappa shape index (κ3) is 44.7. The van der Waals surface area contributed by atoms with Crippen molar-refractivity contribution in [2.75, 3.05) is 6.61 Å². The van der Waals surface area contributed by atoms with E-state index in [1.807, 2.05) is 6.08 Å². The molecule has 59 heavy (non-hydrogen) atoms. The summed E-state index contributed by atoms with van der Waals surface area (Å²) in [5.41, 5.74) is 0. The van der Waals surface area contributed by atoms with Gasteiger partial charge in [0.1, 0.15) is 0 Å². The quantitative estimate of drug-likeness (QED) is 0.0430. The van der Waals surface area contributed by atoms with Crippen molar-refractivity contribution in [1.82, 2.24) is 5.32 Å². The normalized spacial score (nSPS) is 14.6. The highest BCUT2D eigenvalue weighted by atomic mass is 16.3. The van der Waals surface area contributed by atoms with E-state index < -0.39 is 12.1 Å². The van der Waals surface area contributed by atoms with Gasteiger partial charge in [-0.25, -0.2) is 0 Å². The van der Waals surface area contributed by atoms with E-state index in [1.165, 1.54) is 0 Å². The Morgan fingerprint density at radius 3 is 1.08 bits per heavy atom. The molecular weight excluding hydrogens is 723 g/mol. The van der Waals surface area contributed by atoms with Crippen LogP contribution in [0.25, 0.3) is 0 Å². The maximum atomic E-state index is 12.3. The molecule has 4 heteroatoms. The van der Waals surface area contributed by atoms with Crippen molar-refractivity contribution in [2.45, 2.75) is 161 Å². The predicted molar refractivity (Wildman–Crippen MR) is 261 cm³/mol. The van der Waals surface area contributed by atoms with E-state index >= 15 is 0 Å². The molecule has 4 nitrogen and oxygen atoms in total. The van der Waals surface area contributed by atoms with Crippen LogP contribution >= 0.6 is 0 Å². The Balaban J connectivity index is 3.78. The summed E-state index contributed by atoms with van der Waals surface area (Å²) in [7, 11) is 0. The minimum absolute atomic E-state index is 0.122. The number of rotatable bonds is 38. The third-order valence-corrected chi connectivity index (χ3v) is 8.92. The van der Waals surface area contributed by atoms with Gasteiger partial charge in [0.05, 0.1) is 18.8 Å². The van der Waals surface area contributed by atoms with Crippen LogP contribution in [0.1, 0.15) is 149 Å². The first-order valence-corrected chi connectivity index (χ1v) is 22.8. The molecule has 0 aliphatic rings. The van der Waals surface area contributed by atoms with Gasteiger partial charge in [-0.1, -0.05) is 190 Å². The molecule has 0 saturated carbocycles. The van der Waals surface area contributed by atoms with Gasteiger partial charge in [-0.2, -0.15) is 0 Å². The molecule has 2 unspecified atom stereocenters. The second-order valence-corrected chi connectivity index (χ2v) is 14.3. The van der Waals surface area contributed by atoms with Crippen molar-refractivity contribution in [3.8, 4) is 0 Å². The minimum Gasteiger partial charge on any atom is -0.394 e. The number of allylic oxidation sites excluding steroid dienone is 27. The third-order valence-electron chi connectivity index (χ3n) is 8.92. The number of nitrogens with one attached hydrogen (secondary N) is 1. The van der Waals surface area contributed by atoms with Gasteiger partial charge in [0.15, 0.2) is 0 Å². The summed E-state index contributed by atoms with van der Waals surface area (Å²) in [5.74, 6) is -0.122. The number of amides is 1. The number of aliphatic hydroxyl groups excluding tert-OH is 2. The van der Waals surface area contributed by atoms with Crippen LogP contribution in [0.5, 0.6) is 0 Å². The molecule has 0 aliphatic heterocycles. The fourth-order valence-electron chi connectivity index (χ4n) is 5.51. The fourth-order valence-corrected chi connectivity index (χ4v) is 5.51. The van der Waals surface area contributed by atoms with E-state index in [9.17, 15) is 15.0 Å². The molecule has 2 atom stereocenters. The van der Waals surface area contributed by atoms with Crippen LogP contribution in [0.4, 0.5) is 0 Å². The van der Waals surface area contributed by atoms with Crippen LogP contribution < -0.4 is 5.32 Å². The summed E-state index contributed by atoms with van der Waals surface area (Å²) in [5, 5.41) is 22.8. The minimum atomic E-state index is -0.895. The predicted octanol–water partition coefficient (Wildman–Crippen LogP) is 14.8. The van der Waals surface area contributed by atoms with Crippen LogP contribution in [-0.2, 0) is 4.79 Å². The smallest absolute Gasteiger partial charge is 0.220 e. The van der Waals surface area contributed by atoms with Gasteiger partial charge in [-0.05, 0) is 122 Å². The Morgan fingerprint density at radius 2 is 0.712 bits per heavy atom. The van der Waals surface area contributed by atoms with Gasteiger partial charge in [-0.3, -0.25) is 4.79 Å². The SMILES string of the molecule is CC/C=C\C/C=C\C/C=C\C/C=C\C/C=C\C/C=C\C/C=C\C/C=C\C/C=C\C/C=C\C/C=C\CCCCCC(=O)NC(CO)C(O)/C=C/CC/C=C/CC/C=C/CC. The highest BCUT2D eigenvalue weighted by Crippen LogP contribution is 2.07. The molecule has 0 spiro atoms. The molecule has 0 aromatic rings. The second kappa shape index (κ2) is 48.1. The average molecular weight is 806 g/mol. The molecule has 0 bridgehead atoms. The van der Waals surface area contributed by atoms with Crippen LogP contribution in [-0.4, -0.2) is 34.9 Å². The summed E-state index contributed by atoms with van der Waals surface area (Å²) >= 11 is 0. The van der Waals surface area contributed by atoms with E-state index in [4.69, 9.17) is 0 Å². The molecule has 0 saturated heterocycles. The van der Waals surface area contributed by atoms with Gasteiger partial charge in [0, 0.05) is 6.42 Å². The largest absolute Gasteiger partial charge is 0.394 e. The first-order chi connectivity index (χ1) is 29.2. The zero-order valence-corrected chi connectivity index (χ0v) is 37.2. The number of aliphatic hydroxyl groups is 2. The standard InChI is InChI=1S/C55H83NO3/c1-3-5-7-9-11-13-15-16-17-18-19-20-21-22-23-24-25-26-27-28-29-30-31-32-33-34-35-36-37-38-39-40-41-43-45-47-49-51-55(59)56-53(52-57)54(58)50-48-46-44-42-14-12-10-8-6-4-2/h5-8,11,13-14,16-17,19-20,22-23,25-26,28-29,31-32,34-35,37-38,40-42,48,50,53-54,57-58H,3-4,9-10,12,15,18,21,24,27,30,33,36,39,43-47,49,51-52H2,1-2H3,(H,56,59)/b7-5-,8-6+,13-11-,17-16-,20-19-,23-22-,26-25-,29-28-,32-31-,35-34-,38-37-,41-40-,42-14+,50-48+. The van der Waals surface area contributed by atoms with Crippen LogP contribution in [0, 0.1) is 0 Å². The van der Waals surface area contributed by atoms with Gasteiger partial charge >= 0.3 is 0 Å². The summed E-state index contributed by atoms with van der Waals surface area (Å²) in [4.78, 5) is 12.3. The summed E-state index contributed by atoms with van der Waals surface area (Å²) in [6, 6.07) is -0.674. The Labute approximate surface area is 362 Å². The van der Waals surface area contributed by atoms with Crippen molar-refractivity contribution in [2.24, 2.45) is 0 Å². The van der Waals surface area contributed by atoms with E-state index in [1.54, 1.807) is 6.08 Å². The highest BCUT2D eigenvalue weighted by Gasteiger charge is 2.17. The number of hydrogen-bond acceptors (Lipinski definition) is 3. The lowest BCUT2D eigenvalue weighted by Crippen LogP contribution is -2.45. The molecule has 326 valence electrons. The van der Waals surface area contributed by atoms with E-state index in [0.717, 1.165) is 128 Å². The molecule has 0 rings (SSSR count). The fraction of sp³-hybridized carbons (Fsp3) is 0.473. The monoisotopic (exact) mass is 806 g/mol. The Bertz CT molecular complexity index is 1370. The van der Waals surface area contributed by atoms with Crippen LogP contribution in [0.2, 0.25) is 0 Å². The molecule has 0 aliphatic carbocycles. The molecule has 1 amide bonds. The van der Waals surface area contributed by atoms with Crippen LogP contribution in [0.15, 0.2) is 170 Å².